The number of hydrogen-bond acceptors (Lipinski definition) is 4. The average Bonchev–Trinajstić information content (AvgIpc) is 2.99. The lowest BCUT2D eigenvalue weighted by Gasteiger charge is -2.08. The van der Waals surface area contributed by atoms with Gasteiger partial charge in [-0.25, -0.2) is 4.79 Å². The Labute approximate surface area is 129 Å². The second kappa shape index (κ2) is 6.90. The van der Waals surface area contributed by atoms with Crippen LogP contribution in [0.1, 0.15) is 16.1 Å². The third kappa shape index (κ3) is 4.06. The van der Waals surface area contributed by atoms with Gasteiger partial charge in [0, 0.05) is 10.5 Å². The number of anilines is 1. The minimum atomic E-state index is -0.526. The van der Waals surface area contributed by atoms with Crippen LogP contribution in [-0.2, 0) is 9.53 Å². The van der Waals surface area contributed by atoms with Gasteiger partial charge in [-0.1, -0.05) is 15.9 Å². The predicted molar refractivity (Wildman–Crippen MR) is 81.9 cm³/mol. The van der Waals surface area contributed by atoms with Gasteiger partial charge in [0.05, 0.1) is 24.6 Å². The van der Waals surface area contributed by atoms with E-state index in [2.05, 4.69) is 26.0 Å². The van der Waals surface area contributed by atoms with E-state index in [-0.39, 0.29) is 11.5 Å². The van der Waals surface area contributed by atoms with E-state index in [1.807, 2.05) is 0 Å². The fourth-order valence-electron chi connectivity index (χ4n) is 1.62. The Bertz CT molecular complexity index is 677. The van der Waals surface area contributed by atoms with Crippen molar-refractivity contribution in [1.29, 1.82) is 0 Å². The molecule has 0 aliphatic heterocycles. The first-order valence-electron chi connectivity index (χ1n) is 6.00. The molecular weight excluding hydrogens is 338 g/mol. The summed E-state index contributed by atoms with van der Waals surface area (Å²) in [5.74, 6) is -0.338. The monoisotopic (exact) mass is 349 g/mol. The van der Waals surface area contributed by atoms with Crippen molar-refractivity contribution in [3.8, 4) is 0 Å². The highest BCUT2D eigenvalue weighted by Gasteiger charge is 2.13. The zero-order chi connectivity index (χ0) is 15.2. The summed E-state index contributed by atoms with van der Waals surface area (Å²) in [5.41, 5.74) is 0.644. The number of benzene rings is 1. The van der Waals surface area contributed by atoms with E-state index in [1.54, 1.807) is 30.3 Å². The van der Waals surface area contributed by atoms with Gasteiger partial charge in [0.1, 0.15) is 5.76 Å². The van der Waals surface area contributed by atoms with Crippen LogP contribution in [0.3, 0.4) is 0 Å². The standard InChI is InChI=1S/C15H12BrNO4/c1-20-15(19)12-9-10(16)4-6-13(12)17-14(18)7-5-11-3-2-8-21-11/h2-9H,1H3,(H,17,18)/b7-5+. The molecule has 0 aliphatic rings. The molecule has 0 fully saturated rings. The molecule has 21 heavy (non-hydrogen) atoms. The third-order valence-electron chi connectivity index (χ3n) is 2.59. The van der Waals surface area contributed by atoms with Gasteiger partial charge in [0.15, 0.2) is 0 Å². The lowest BCUT2D eigenvalue weighted by molar-refractivity contribution is -0.111. The number of ether oxygens (including phenoxy) is 1. The highest BCUT2D eigenvalue weighted by Crippen LogP contribution is 2.22. The van der Waals surface area contributed by atoms with Crippen molar-refractivity contribution in [1.82, 2.24) is 0 Å². The predicted octanol–water partition coefficient (Wildman–Crippen LogP) is 3.48. The number of amides is 1. The number of rotatable bonds is 4. The molecule has 1 heterocycles. The molecule has 2 rings (SSSR count). The van der Waals surface area contributed by atoms with Crippen molar-refractivity contribution in [3.05, 3.63) is 58.5 Å². The fraction of sp³-hybridized carbons (Fsp3) is 0.0667. The van der Waals surface area contributed by atoms with Crippen molar-refractivity contribution in [2.24, 2.45) is 0 Å². The number of carbonyl (C=O) groups excluding carboxylic acids is 2. The van der Waals surface area contributed by atoms with E-state index in [4.69, 9.17) is 4.42 Å². The van der Waals surface area contributed by atoms with Gasteiger partial charge < -0.3 is 14.5 Å². The van der Waals surface area contributed by atoms with Gasteiger partial charge in [0.25, 0.3) is 0 Å². The summed E-state index contributed by atoms with van der Waals surface area (Å²) in [6.07, 6.45) is 4.37. The smallest absolute Gasteiger partial charge is 0.340 e. The van der Waals surface area contributed by atoms with Crippen molar-refractivity contribution < 1.29 is 18.7 Å². The Hall–Kier alpha value is -2.34. The van der Waals surface area contributed by atoms with E-state index in [0.717, 1.165) is 0 Å². The SMILES string of the molecule is COC(=O)c1cc(Br)ccc1NC(=O)/C=C/c1ccco1. The minimum absolute atomic E-state index is 0.270. The van der Waals surface area contributed by atoms with Crippen LogP contribution < -0.4 is 5.32 Å². The second-order valence-corrected chi connectivity index (χ2v) is 4.94. The Kier molecular flexibility index (Phi) is 4.94. The number of nitrogens with one attached hydrogen (secondary N) is 1. The Morgan fingerprint density at radius 2 is 2.14 bits per heavy atom. The van der Waals surface area contributed by atoms with Crippen molar-refractivity contribution in [2.45, 2.75) is 0 Å². The molecule has 1 aromatic carbocycles. The number of carbonyl (C=O) groups is 2. The van der Waals surface area contributed by atoms with Crippen molar-refractivity contribution in [2.75, 3.05) is 12.4 Å². The summed E-state index contributed by atoms with van der Waals surface area (Å²) in [6.45, 7) is 0. The Balaban J connectivity index is 2.15. The molecule has 0 radical (unpaired) electrons. The largest absolute Gasteiger partial charge is 0.465 e. The van der Waals surface area contributed by atoms with E-state index in [0.29, 0.717) is 15.9 Å². The molecule has 1 N–H and O–H groups in total. The fourth-order valence-corrected chi connectivity index (χ4v) is 1.98. The minimum Gasteiger partial charge on any atom is -0.465 e. The molecule has 1 aromatic heterocycles. The highest BCUT2D eigenvalue weighted by molar-refractivity contribution is 9.10. The van der Waals surface area contributed by atoms with E-state index in [1.165, 1.54) is 25.5 Å². The van der Waals surface area contributed by atoms with Gasteiger partial charge in [-0.3, -0.25) is 4.79 Å². The second-order valence-electron chi connectivity index (χ2n) is 4.02. The van der Waals surface area contributed by atoms with Gasteiger partial charge in [-0.2, -0.15) is 0 Å². The summed E-state index contributed by atoms with van der Waals surface area (Å²) in [6, 6.07) is 8.37. The molecule has 0 saturated heterocycles. The van der Waals surface area contributed by atoms with Crippen LogP contribution >= 0.6 is 15.9 Å². The van der Waals surface area contributed by atoms with Crippen LogP contribution in [0, 0.1) is 0 Å². The van der Waals surface area contributed by atoms with Gasteiger partial charge >= 0.3 is 5.97 Å². The van der Waals surface area contributed by atoms with Gasteiger partial charge in [0.2, 0.25) is 5.91 Å². The first kappa shape index (κ1) is 15.1. The number of halogens is 1. The molecule has 0 atom stereocenters. The van der Waals surface area contributed by atoms with Crippen molar-refractivity contribution in [3.63, 3.8) is 0 Å². The Morgan fingerprint density at radius 1 is 1.33 bits per heavy atom. The lowest BCUT2D eigenvalue weighted by atomic mass is 10.2. The number of furan rings is 1. The zero-order valence-corrected chi connectivity index (χ0v) is 12.7. The van der Waals surface area contributed by atoms with Crippen LogP contribution in [0.5, 0.6) is 0 Å². The zero-order valence-electron chi connectivity index (χ0n) is 11.1. The first-order chi connectivity index (χ1) is 10.1. The topological polar surface area (TPSA) is 68.5 Å². The third-order valence-corrected chi connectivity index (χ3v) is 3.08. The van der Waals surface area contributed by atoms with Crippen LogP contribution in [0.15, 0.2) is 51.6 Å². The van der Waals surface area contributed by atoms with Gasteiger partial charge in [-0.05, 0) is 36.4 Å². The number of methoxy groups -OCH3 is 1. The summed E-state index contributed by atoms with van der Waals surface area (Å²) < 4.78 is 10.5. The lowest BCUT2D eigenvalue weighted by Crippen LogP contribution is -2.13. The summed E-state index contributed by atoms with van der Waals surface area (Å²) in [4.78, 5) is 23.5. The van der Waals surface area contributed by atoms with E-state index in [9.17, 15) is 9.59 Å². The molecule has 0 aliphatic carbocycles. The first-order valence-corrected chi connectivity index (χ1v) is 6.80. The number of hydrogen-bond donors (Lipinski definition) is 1. The van der Waals surface area contributed by atoms with Crippen LogP contribution in [0.4, 0.5) is 5.69 Å². The van der Waals surface area contributed by atoms with Crippen LogP contribution in [-0.4, -0.2) is 19.0 Å². The molecule has 2 aromatic rings. The average molecular weight is 350 g/mol. The maximum atomic E-state index is 11.9. The molecule has 108 valence electrons. The molecule has 5 nitrogen and oxygen atoms in total. The molecule has 0 unspecified atom stereocenters. The summed E-state index contributed by atoms with van der Waals surface area (Å²) >= 11 is 3.27. The molecule has 0 spiro atoms. The van der Waals surface area contributed by atoms with Crippen LogP contribution in [0.2, 0.25) is 0 Å². The maximum absolute atomic E-state index is 11.9. The highest BCUT2D eigenvalue weighted by atomic mass is 79.9. The molecule has 0 bridgehead atoms. The summed E-state index contributed by atoms with van der Waals surface area (Å²) in [7, 11) is 1.28. The van der Waals surface area contributed by atoms with Crippen molar-refractivity contribution >= 4 is 39.6 Å². The molecule has 1 amide bonds. The quantitative estimate of drug-likeness (QED) is 0.677. The normalized spacial score (nSPS) is 10.6. The van der Waals surface area contributed by atoms with E-state index >= 15 is 0 Å². The number of esters is 1. The summed E-state index contributed by atoms with van der Waals surface area (Å²) in [5, 5.41) is 2.63. The maximum Gasteiger partial charge on any atom is 0.340 e. The molecule has 6 heteroatoms. The molecule has 0 saturated carbocycles. The molecular formula is C15H12BrNO4. The van der Waals surface area contributed by atoms with Gasteiger partial charge in [-0.15, -0.1) is 0 Å². The Morgan fingerprint density at radius 3 is 2.81 bits per heavy atom. The van der Waals surface area contributed by atoms with E-state index < -0.39 is 5.97 Å². The van der Waals surface area contributed by atoms with Crippen LogP contribution in [0.25, 0.3) is 6.08 Å².